The highest BCUT2D eigenvalue weighted by Crippen LogP contribution is 2.21. The van der Waals surface area contributed by atoms with E-state index < -0.39 is 0 Å². The van der Waals surface area contributed by atoms with Crippen LogP contribution in [0.1, 0.15) is 10.4 Å². The van der Waals surface area contributed by atoms with Crippen molar-refractivity contribution in [2.45, 2.75) is 0 Å². The number of amides is 1. The first kappa shape index (κ1) is 14.7. The summed E-state index contributed by atoms with van der Waals surface area (Å²) in [4.78, 5) is 12.1. The van der Waals surface area contributed by atoms with E-state index in [1.165, 1.54) is 6.07 Å². The minimum Gasteiger partial charge on any atom is -0.479 e. The van der Waals surface area contributed by atoms with Gasteiger partial charge in [-0.05, 0) is 42.5 Å². The van der Waals surface area contributed by atoms with Crippen molar-refractivity contribution < 1.29 is 9.53 Å². The molecule has 0 aliphatic heterocycles. The van der Waals surface area contributed by atoms with Crippen LogP contribution in [0.25, 0.3) is 0 Å². The third-order valence-corrected chi connectivity index (χ3v) is 3.02. The molecule has 0 fully saturated rings. The Hall–Kier alpha value is -2.71. The van der Waals surface area contributed by atoms with Crippen LogP contribution in [0.4, 0.5) is 11.4 Å². The van der Waals surface area contributed by atoms with Gasteiger partial charge < -0.3 is 15.8 Å². The standard InChI is InChI=1S/C15H12ClN3O2/c16-13-6-1-10(9-14(13)18)15(20)19-11-2-4-12(5-3-11)21-8-7-17/h1-6,9H,8,18H2,(H,19,20). The van der Waals surface area contributed by atoms with Gasteiger partial charge in [0.25, 0.3) is 5.91 Å². The molecule has 0 aliphatic rings. The molecule has 2 aromatic carbocycles. The third kappa shape index (κ3) is 3.88. The highest BCUT2D eigenvalue weighted by Gasteiger charge is 2.08. The van der Waals surface area contributed by atoms with E-state index in [0.29, 0.717) is 27.7 Å². The third-order valence-electron chi connectivity index (χ3n) is 2.67. The summed E-state index contributed by atoms with van der Waals surface area (Å²) in [7, 11) is 0. The number of anilines is 2. The molecular formula is C15H12ClN3O2. The molecule has 0 heterocycles. The van der Waals surface area contributed by atoms with Gasteiger partial charge in [-0.3, -0.25) is 4.79 Å². The number of carbonyl (C=O) groups excluding carboxylic acids is 1. The van der Waals surface area contributed by atoms with Gasteiger partial charge in [-0.15, -0.1) is 0 Å². The van der Waals surface area contributed by atoms with E-state index in [2.05, 4.69) is 5.32 Å². The average molecular weight is 302 g/mol. The normalized spacial score (nSPS) is 9.71. The maximum Gasteiger partial charge on any atom is 0.255 e. The predicted molar refractivity (Wildman–Crippen MR) is 81.4 cm³/mol. The number of nitrogen functional groups attached to an aromatic ring is 1. The lowest BCUT2D eigenvalue weighted by atomic mass is 10.2. The van der Waals surface area contributed by atoms with Gasteiger partial charge >= 0.3 is 0 Å². The predicted octanol–water partition coefficient (Wildman–Crippen LogP) is 3.08. The highest BCUT2D eigenvalue weighted by atomic mass is 35.5. The van der Waals surface area contributed by atoms with Crippen LogP contribution in [-0.2, 0) is 0 Å². The largest absolute Gasteiger partial charge is 0.479 e. The Morgan fingerprint density at radius 1 is 1.29 bits per heavy atom. The van der Waals surface area contributed by atoms with Gasteiger partial charge in [-0.2, -0.15) is 5.26 Å². The number of carbonyl (C=O) groups is 1. The molecule has 0 aliphatic carbocycles. The van der Waals surface area contributed by atoms with E-state index in [4.69, 9.17) is 27.3 Å². The molecule has 0 radical (unpaired) electrons. The van der Waals surface area contributed by atoms with Crippen molar-refractivity contribution in [1.82, 2.24) is 0 Å². The molecule has 21 heavy (non-hydrogen) atoms. The molecule has 0 spiro atoms. The lowest BCUT2D eigenvalue weighted by molar-refractivity contribution is 0.102. The summed E-state index contributed by atoms with van der Waals surface area (Å²) >= 11 is 5.81. The SMILES string of the molecule is N#CCOc1ccc(NC(=O)c2ccc(Cl)c(N)c2)cc1. The monoisotopic (exact) mass is 301 g/mol. The smallest absolute Gasteiger partial charge is 0.255 e. The number of benzene rings is 2. The average Bonchev–Trinajstić information content (AvgIpc) is 2.49. The topological polar surface area (TPSA) is 88.1 Å². The lowest BCUT2D eigenvalue weighted by Gasteiger charge is -2.07. The van der Waals surface area contributed by atoms with Crippen molar-refractivity contribution in [3.05, 3.63) is 53.1 Å². The fraction of sp³-hybridized carbons (Fsp3) is 0.0667. The van der Waals surface area contributed by atoms with Crippen LogP contribution >= 0.6 is 11.6 Å². The Morgan fingerprint density at radius 2 is 2.00 bits per heavy atom. The van der Waals surface area contributed by atoms with Gasteiger partial charge in [0.2, 0.25) is 0 Å². The molecule has 0 bridgehead atoms. The molecule has 0 atom stereocenters. The first-order valence-electron chi connectivity index (χ1n) is 6.06. The van der Waals surface area contributed by atoms with Gasteiger partial charge in [-0.1, -0.05) is 11.6 Å². The van der Waals surface area contributed by atoms with Gasteiger partial charge in [0.1, 0.15) is 11.8 Å². The number of rotatable bonds is 4. The lowest BCUT2D eigenvalue weighted by Crippen LogP contribution is -2.12. The molecule has 2 rings (SSSR count). The molecular weight excluding hydrogens is 290 g/mol. The minimum absolute atomic E-state index is 0.0181. The Kier molecular flexibility index (Phi) is 4.64. The van der Waals surface area contributed by atoms with Gasteiger partial charge in [0, 0.05) is 11.3 Å². The molecule has 1 amide bonds. The number of nitriles is 1. The molecule has 0 saturated heterocycles. The van der Waals surface area contributed by atoms with Crippen LogP contribution < -0.4 is 15.8 Å². The van der Waals surface area contributed by atoms with Crippen LogP contribution in [-0.4, -0.2) is 12.5 Å². The molecule has 2 aromatic rings. The van der Waals surface area contributed by atoms with Gasteiger partial charge in [0.05, 0.1) is 10.7 Å². The maximum absolute atomic E-state index is 12.1. The molecule has 0 aromatic heterocycles. The zero-order valence-corrected chi connectivity index (χ0v) is 11.7. The Labute approximate surface area is 126 Å². The van der Waals surface area contributed by atoms with Crippen LogP contribution in [0.5, 0.6) is 5.75 Å². The maximum atomic E-state index is 12.1. The molecule has 3 N–H and O–H groups in total. The van der Waals surface area contributed by atoms with Crippen molar-refractivity contribution in [3.63, 3.8) is 0 Å². The summed E-state index contributed by atoms with van der Waals surface area (Å²) in [6.07, 6.45) is 0. The number of ether oxygens (including phenoxy) is 1. The molecule has 0 saturated carbocycles. The van der Waals surface area contributed by atoms with Crippen molar-refractivity contribution in [2.75, 3.05) is 17.7 Å². The Balaban J connectivity index is 2.05. The van der Waals surface area contributed by atoms with E-state index in [9.17, 15) is 4.79 Å². The fourth-order valence-electron chi connectivity index (χ4n) is 1.64. The van der Waals surface area contributed by atoms with Crippen molar-refractivity contribution >= 4 is 28.9 Å². The zero-order chi connectivity index (χ0) is 15.2. The summed E-state index contributed by atoms with van der Waals surface area (Å²) in [6.45, 7) is -0.0181. The minimum atomic E-state index is -0.288. The van der Waals surface area contributed by atoms with E-state index in [0.717, 1.165) is 0 Å². The van der Waals surface area contributed by atoms with E-state index in [1.54, 1.807) is 36.4 Å². The van der Waals surface area contributed by atoms with E-state index in [1.807, 2.05) is 6.07 Å². The Bertz CT molecular complexity index is 693. The fourth-order valence-corrected chi connectivity index (χ4v) is 1.76. The number of nitrogens with two attached hydrogens (primary N) is 1. The quantitative estimate of drug-likeness (QED) is 0.849. The number of nitrogens with one attached hydrogen (secondary N) is 1. The second-order valence-electron chi connectivity index (χ2n) is 4.16. The first-order valence-corrected chi connectivity index (χ1v) is 6.44. The molecule has 0 unspecified atom stereocenters. The molecule has 5 nitrogen and oxygen atoms in total. The number of halogens is 1. The zero-order valence-electron chi connectivity index (χ0n) is 11.0. The van der Waals surface area contributed by atoms with E-state index in [-0.39, 0.29) is 12.5 Å². The summed E-state index contributed by atoms with van der Waals surface area (Å²) < 4.78 is 5.12. The second-order valence-corrected chi connectivity index (χ2v) is 4.57. The van der Waals surface area contributed by atoms with Gasteiger partial charge in [-0.25, -0.2) is 0 Å². The summed E-state index contributed by atoms with van der Waals surface area (Å²) in [6, 6.07) is 13.3. The van der Waals surface area contributed by atoms with Crippen LogP contribution in [0.3, 0.4) is 0 Å². The highest BCUT2D eigenvalue weighted by molar-refractivity contribution is 6.33. The van der Waals surface area contributed by atoms with Crippen molar-refractivity contribution in [1.29, 1.82) is 5.26 Å². The van der Waals surface area contributed by atoms with Crippen molar-refractivity contribution in [3.8, 4) is 11.8 Å². The number of hydrogen-bond acceptors (Lipinski definition) is 4. The second kappa shape index (κ2) is 6.64. The summed E-state index contributed by atoms with van der Waals surface area (Å²) in [5, 5.41) is 11.6. The molecule has 106 valence electrons. The van der Waals surface area contributed by atoms with Crippen LogP contribution in [0.15, 0.2) is 42.5 Å². The molecule has 6 heteroatoms. The first-order chi connectivity index (χ1) is 10.1. The van der Waals surface area contributed by atoms with Gasteiger partial charge in [0.15, 0.2) is 6.61 Å². The van der Waals surface area contributed by atoms with Crippen LogP contribution in [0, 0.1) is 11.3 Å². The number of nitrogens with zero attached hydrogens (tertiary/aromatic N) is 1. The van der Waals surface area contributed by atoms with Crippen LogP contribution in [0.2, 0.25) is 5.02 Å². The summed E-state index contributed by atoms with van der Waals surface area (Å²) in [5.74, 6) is 0.273. The Morgan fingerprint density at radius 3 is 2.62 bits per heavy atom. The van der Waals surface area contributed by atoms with E-state index >= 15 is 0 Å². The summed E-state index contributed by atoms with van der Waals surface area (Å²) in [5.41, 5.74) is 7.04. The number of hydrogen-bond donors (Lipinski definition) is 2. The van der Waals surface area contributed by atoms with Crippen molar-refractivity contribution in [2.24, 2.45) is 0 Å².